The van der Waals surface area contributed by atoms with Gasteiger partial charge < -0.3 is 9.52 Å². The Bertz CT molecular complexity index is 742. The second-order valence-corrected chi connectivity index (χ2v) is 7.82. The molecule has 2 aromatic heterocycles. The fourth-order valence-corrected chi connectivity index (χ4v) is 4.44. The van der Waals surface area contributed by atoms with Crippen molar-refractivity contribution in [1.29, 1.82) is 0 Å². The van der Waals surface area contributed by atoms with Crippen LogP contribution in [0.5, 0.6) is 5.75 Å². The Balaban J connectivity index is 2.07. The molecule has 23 heavy (non-hydrogen) atoms. The second-order valence-electron chi connectivity index (χ2n) is 6.45. The normalized spacial score (nSPS) is 18.3. The summed E-state index contributed by atoms with van der Waals surface area (Å²) in [5.41, 5.74) is 0.947. The first-order valence-corrected chi connectivity index (χ1v) is 9.34. The van der Waals surface area contributed by atoms with E-state index in [0.717, 1.165) is 42.5 Å². The van der Waals surface area contributed by atoms with Crippen molar-refractivity contribution in [3.63, 3.8) is 0 Å². The van der Waals surface area contributed by atoms with Gasteiger partial charge >= 0.3 is 5.63 Å². The van der Waals surface area contributed by atoms with Gasteiger partial charge in [0, 0.05) is 28.2 Å². The summed E-state index contributed by atoms with van der Waals surface area (Å²) in [5, 5.41) is 10.8. The first kappa shape index (κ1) is 16.3. The zero-order valence-electron chi connectivity index (χ0n) is 13.9. The fraction of sp³-hybridized carbons (Fsp3) is 0.526. The van der Waals surface area contributed by atoms with Crippen molar-refractivity contribution in [2.45, 2.75) is 64.7 Å². The largest absolute Gasteiger partial charge is 0.507 e. The van der Waals surface area contributed by atoms with Crippen molar-refractivity contribution < 1.29 is 9.52 Å². The van der Waals surface area contributed by atoms with Crippen LogP contribution in [0.1, 0.15) is 71.6 Å². The first-order valence-electron chi connectivity index (χ1n) is 8.53. The zero-order valence-corrected chi connectivity index (χ0v) is 14.7. The standard InChI is InChI=1S/C19H24O3S/c1-3-13-7-5-4-6-8-16-17(13)18(20)15(19(21)22-16)11-14-10-9-12(2)23-14/h9-10,13,20H,3-8,11H2,1-2H3. The third-order valence-electron chi connectivity index (χ3n) is 4.81. The quantitative estimate of drug-likeness (QED) is 0.868. The van der Waals surface area contributed by atoms with E-state index in [0.29, 0.717) is 23.7 Å². The molecule has 0 aliphatic heterocycles. The Morgan fingerprint density at radius 1 is 1.30 bits per heavy atom. The highest BCUT2D eigenvalue weighted by Gasteiger charge is 2.26. The monoisotopic (exact) mass is 332 g/mol. The molecule has 3 nitrogen and oxygen atoms in total. The van der Waals surface area contributed by atoms with Gasteiger partial charge in [0.2, 0.25) is 0 Å². The lowest BCUT2D eigenvalue weighted by atomic mass is 9.85. The molecule has 0 amide bonds. The number of aromatic hydroxyl groups is 1. The Labute approximate surface area is 141 Å². The van der Waals surface area contributed by atoms with Crippen molar-refractivity contribution in [2.24, 2.45) is 0 Å². The highest BCUT2D eigenvalue weighted by molar-refractivity contribution is 7.11. The molecule has 0 saturated heterocycles. The maximum Gasteiger partial charge on any atom is 0.343 e. The van der Waals surface area contributed by atoms with E-state index in [2.05, 4.69) is 6.92 Å². The van der Waals surface area contributed by atoms with Crippen molar-refractivity contribution >= 4 is 11.3 Å². The molecule has 1 aliphatic carbocycles. The minimum atomic E-state index is -0.372. The van der Waals surface area contributed by atoms with Gasteiger partial charge in [0.1, 0.15) is 11.5 Å². The van der Waals surface area contributed by atoms with Crippen LogP contribution in [0.4, 0.5) is 0 Å². The summed E-state index contributed by atoms with van der Waals surface area (Å²) in [6, 6.07) is 4.06. The summed E-state index contributed by atoms with van der Waals surface area (Å²) in [4.78, 5) is 14.7. The van der Waals surface area contributed by atoms with Crippen LogP contribution in [0.25, 0.3) is 0 Å². The molecule has 124 valence electrons. The highest BCUT2D eigenvalue weighted by atomic mass is 32.1. The Kier molecular flexibility index (Phi) is 4.90. The number of thiophene rings is 1. The Hall–Kier alpha value is -1.55. The van der Waals surface area contributed by atoms with Crippen LogP contribution in [0, 0.1) is 6.92 Å². The third kappa shape index (κ3) is 3.37. The van der Waals surface area contributed by atoms with Gasteiger partial charge in [-0.15, -0.1) is 11.3 Å². The zero-order chi connectivity index (χ0) is 16.4. The lowest BCUT2D eigenvalue weighted by Crippen LogP contribution is -2.16. The van der Waals surface area contributed by atoms with E-state index >= 15 is 0 Å². The van der Waals surface area contributed by atoms with Crippen LogP contribution in [-0.4, -0.2) is 5.11 Å². The highest BCUT2D eigenvalue weighted by Crippen LogP contribution is 2.39. The van der Waals surface area contributed by atoms with E-state index in [-0.39, 0.29) is 11.4 Å². The molecule has 0 aromatic carbocycles. The van der Waals surface area contributed by atoms with Crippen LogP contribution in [-0.2, 0) is 12.8 Å². The maximum atomic E-state index is 12.4. The predicted molar refractivity (Wildman–Crippen MR) is 93.7 cm³/mol. The van der Waals surface area contributed by atoms with E-state index in [1.54, 1.807) is 11.3 Å². The van der Waals surface area contributed by atoms with Gasteiger partial charge in [-0.25, -0.2) is 4.79 Å². The molecule has 0 fully saturated rings. The summed E-state index contributed by atoms with van der Waals surface area (Å²) in [7, 11) is 0. The summed E-state index contributed by atoms with van der Waals surface area (Å²) < 4.78 is 5.65. The van der Waals surface area contributed by atoms with Crippen molar-refractivity contribution in [3.8, 4) is 5.75 Å². The third-order valence-corrected chi connectivity index (χ3v) is 5.81. The molecule has 0 saturated carbocycles. The molecule has 0 bridgehead atoms. The van der Waals surface area contributed by atoms with E-state index < -0.39 is 0 Å². The van der Waals surface area contributed by atoms with Gasteiger partial charge in [-0.3, -0.25) is 0 Å². The topological polar surface area (TPSA) is 50.4 Å². The number of rotatable bonds is 3. The number of hydrogen-bond donors (Lipinski definition) is 1. The van der Waals surface area contributed by atoms with Gasteiger partial charge in [0.25, 0.3) is 0 Å². The van der Waals surface area contributed by atoms with Gasteiger partial charge in [0.15, 0.2) is 0 Å². The minimum Gasteiger partial charge on any atom is -0.507 e. The second kappa shape index (κ2) is 6.91. The molecular formula is C19H24O3S. The average Bonchev–Trinajstić information content (AvgIpc) is 2.91. The van der Waals surface area contributed by atoms with Crippen LogP contribution in [0.3, 0.4) is 0 Å². The maximum absolute atomic E-state index is 12.4. The summed E-state index contributed by atoms with van der Waals surface area (Å²) in [6.45, 7) is 4.19. The summed E-state index contributed by atoms with van der Waals surface area (Å²) in [6.07, 6.45) is 6.60. The SMILES string of the molecule is CCC1CCCCCc2oc(=O)c(Cc3ccc(C)s3)c(O)c21. The average molecular weight is 332 g/mol. The van der Waals surface area contributed by atoms with Gasteiger partial charge in [0.05, 0.1) is 5.56 Å². The summed E-state index contributed by atoms with van der Waals surface area (Å²) in [5.74, 6) is 1.19. The van der Waals surface area contributed by atoms with Gasteiger partial charge in [-0.2, -0.15) is 0 Å². The molecule has 2 aromatic rings. The van der Waals surface area contributed by atoms with E-state index in [1.165, 1.54) is 11.3 Å². The summed E-state index contributed by atoms with van der Waals surface area (Å²) >= 11 is 1.66. The van der Waals surface area contributed by atoms with Crippen molar-refractivity contribution in [1.82, 2.24) is 0 Å². The van der Waals surface area contributed by atoms with Crippen molar-refractivity contribution in [2.75, 3.05) is 0 Å². The lowest BCUT2D eigenvalue weighted by molar-refractivity contribution is 0.372. The van der Waals surface area contributed by atoms with E-state index in [1.807, 2.05) is 19.1 Å². The van der Waals surface area contributed by atoms with E-state index in [4.69, 9.17) is 4.42 Å². The predicted octanol–water partition coefficient (Wildman–Crippen LogP) is 4.92. The molecular weight excluding hydrogens is 308 g/mol. The molecule has 1 N–H and O–H groups in total. The van der Waals surface area contributed by atoms with Crippen LogP contribution >= 0.6 is 11.3 Å². The number of hydrogen-bond acceptors (Lipinski definition) is 4. The van der Waals surface area contributed by atoms with Gasteiger partial charge in [-0.05, 0) is 44.2 Å². The Morgan fingerprint density at radius 3 is 2.83 bits per heavy atom. The van der Waals surface area contributed by atoms with Crippen molar-refractivity contribution in [3.05, 3.63) is 49.2 Å². The molecule has 0 radical (unpaired) electrons. The number of aryl methyl sites for hydroxylation is 2. The Morgan fingerprint density at radius 2 is 2.13 bits per heavy atom. The van der Waals surface area contributed by atoms with Crippen LogP contribution in [0.2, 0.25) is 0 Å². The minimum absolute atomic E-state index is 0.191. The molecule has 1 aliphatic rings. The molecule has 4 heteroatoms. The smallest absolute Gasteiger partial charge is 0.343 e. The molecule has 1 atom stereocenters. The van der Waals surface area contributed by atoms with Crippen LogP contribution in [0.15, 0.2) is 21.3 Å². The fourth-order valence-electron chi connectivity index (χ4n) is 3.54. The van der Waals surface area contributed by atoms with E-state index in [9.17, 15) is 9.90 Å². The molecule has 1 unspecified atom stereocenters. The molecule has 2 heterocycles. The first-order chi connectivity index (χ1) is 11.1. The van der Waals surface area contributed by atoms with Crippen LogP contribution < -0.4 is 5.63 Å². The molecule has 0 spiro atoms. The van der Waals surface area contributed by atoms with Gasteiger partial charge in [-0.1, -0.05) is 19.8 Å². The lowest BCUT2D eigenvalue weighted by Gasteiger charge is -2.22. The molecule has 3 rings (SSSR count). The number of fused-ring (bicyclic) bond motifs is 1.